The van der Waals surface area contributed by atoms with Crippen molar-refractivity contribution in [2.75, 3.05) is 9.80 Å². The highest BCUT2D eigenvalue weighted by Gasteiger charge is 2.37. The number of amides is 2. The number of carbonyl (C=O) groups excluding carboxylic acids is 2. The molecule has 2 heterocycles. The summed E-state index contributed by atoms with van der Waals surface area (Å²) in [7, 11) is 0. The Morgan fingerprint density at radius 3 is 2.47 bits per heavy atom. The van der Waals surface area contributed by atoms with Crippen molar-refractivity contribution < 1.29 is 14.0 Å². The van der Waals surface area contributed by atoms with Gasteiger partial charge in [-0.15, -0.1) is 0 Å². The van der Waals surface area contributed by atoms with Gasteiger partial charge in [0.05, 0.1) is 12.3 Å². The fourth-order valence-corrected chi connectivity index (χ4v) is 4.15. The summed E-state index contributed by atoms with van der Waals surface area (Å²) in [6.07, 6.45) is 5.43. The minimum absolute atomic E-state index is 0.0225. The fourth-order valence-electron chi connectivity index (χ4n) is 4.15. The maximum atomic E-state index is 13.1. The first-order valence-electron chi connectivity index (χ1n) is 10.0. The number of rotatable bonds is 4. The average Bonchev–Trinajstić information content (AvgIpc) is 3.26. The zero-order valence-corrected chi connectivity index (χ0v) is 17.1. The molecule has 4 rings (SSSR count). The second-order valence-electron chi connectivity index (χ2n) is 7.44. The van der Waals surface area contributed by atoms with E-state index >= 15 is 0 Å². The van der Waals surface area contributed by atoms with Crippen molar-refractivity contribution in [3.8, 4) is 0 Å². The molecule has 0 radical (unpaired) electrons. The first-order valence-corrected chi connectivity index (χ1v) is 10.0. The molecule has 1 aliphatic heterocycles. The second-order valence-corrected chi connectivity index (χ2v) is 7.44. The molecule has 5 heteroatoms. The summed E-state index contributed by atoms with van der Waals surface area (Å²) in [6, 6.07) is 20.9. The van der Waals surface area contributed by atoms with E-state index in [0.29, 0.717) is 12.2 Å². The lowest BCUT2D eigenvalue weighted by atomic mass is 9.90. The number of nitrogens with zero attached hydrogens (tertiary/aromatic N) is 2. The molecule has 0 aliphatic carbocycles. The van der Waals surface area contributed by atoms with Gasteiger partial charge in [0.2, 0.25) is 5.91 Å². The molecule has 2 aromatic carbocycles. The monoisotopic (exact) mass is 400 g/mol. The summed E-state index contributed by atoms with van der Waals surface area (Å²) in [6.45, 7) is 3.61. The van der Waals surface area contributed by atoms with E-state index in [4.69, 9.17) is 4.42 Å². The molecular formula is C25H24N2O3. The van der Waals surface area contributed by atoms with Crippen LogP contribution in [-0.2, 0) is 9.59 Å². The molecule has 0 fully saturated rings. The fraction of sp³-hybridized carbons (Fsp3) is 0.200. The van der Waals surface area contributed by atoms with Crippen LogP contribution in [0.2, 0.25) is 0 Å². The van der Waals surface area contributed by atoms with Gasteiger partial charge in [-0.25, -0.2) is 0 Å². The van der Waals surface area contributed by atoms with Crippen LogP contribution in [0.15, 0.2) is 83.5 Å². The van der Waals surface area contributed by atoms with Crippen LogP contribution in [0.4, 0.5) is 11.4 Å². The van der Waals surface area contributed by atoms with Crippen molar-refractivity contribution in [3.05, 3.63) is 90.4 Å². The Bertz CT molecular complexity index is 1060. The molecule has 0 bridgehead atoms. The molecular weight excluding hydrogens is 376 g/mol. The Morgan fingerprint density at radius 2 is 1.77 bits per heavy atom. The largest absolute Gasteiger partial charge is 0.465 e. The molecule has 0 saturated heterocycles. The minimum Gasteiger partial charge on any atom is -0.465 e. The molecule has 152 valence electrons. The van der Waals surface area contributed by atoms with Crippen molar-refractivity contribution >= 4 is 29.3 Å². The number of benzene rings is 2. The normalized spacial score (nSPS) is 18.3. The Balaban J connectivity index is 1.71. The van der Waals surface area contributed by atoms with Crippen molar-refractivity contribution in [3.63, 3.8) is 0 Å². The van der Waals surface area contributed by atoms with Crippen LogP contribution in [0.3, 0.4) is 0 Å². The average molecular weight is 400 g/mol. The van der Waals surface area contributed by atoms with Gasteiger partial charge < -0.3 is 14.2 Å². The number of anilines is 2. The third-order valence-electron chi connectivity index (χ3n) is 5.42. The van der Waals surface area contributed by atoms with Gasteiger partial charge in [0.1, 0.15) is 5.76 Å². The summed E-state index contributed by atoms with van der Waals surface area (Å²) in [5, 5.41) is 0. The summed E-state index contributed by atoms with van der Waals surface area (Å²) in [5.41, 5.74) is 2.65. The highest BCUT2D eigenvalue weighted by molar-refractivity contribution is 6.05. The lowest BCUT2D eigenvalue weighted by Gasteiger charge is -2.43. The van der Waals surface area contributed by atoms with E-state index in [1.807, 2.05) is 66.4 Å². The van der Waals surface area contributed by atoms with Gasteiger partial charge in [0, 0.05) is 30.4 Å². The molecule has 30 heavy (non-hydrogen) atoms. The van der Waals surface area contributed by atoms with E-state index in [1.165, 1.54) is 6.08 Å². The molecule has 0 N–H and O–H groups in total. The van der Waals surface area contributed by atoms with Crippen LogP contribution in [0, 0.1) is 0 Å². The lowest BCUT2D eigenvalue weighted by Crippen LogP contribution is -2.47. The molecule has 0 spiro atoms. The van der Waals surface area contributed by atoms with Crippen LogP contribution in [0.25, 0.3) is 6.08 Å². The van der Waals surface area contributed by atoms with E-state index in [0.717, 1.165) is 16.9 Å². The molecule has 5 nitrogen and oxygen atoms in total. The van der Waals surface area contributed by atoms with E-state index in [1.54, 1.807) is 36.3 Å². The van der Waals surface area contributed by atoms with E-state index in [2.05, 4.69) is 0 Å². The predicted molar refractivity (Wildman–Crippen MR) is 118 cm³/mol. The molecule has 0 unspecified atom stereocenters. The van der Waals surface area contributed by atoms with Crippen molar-refractivity contribution in [2.24, 2.45) is 0 Å². The molecule has 1 aliphatic rings. The highest BCUT2D eigenvalue weighted by atomic mass is 16.3. The van der Waals surface area contributed by atoms with Crippen LogP contribution >= 0.6 is 0 Å². The topological polar surface area (TPSA) is 53.8 Å². The van der Waals surface area contributed by atoms with Gasteiger partial charge in [-0.3, -0.25) is 9.59 Å². The first kappa shape index (κ1) is 19.7. The Labute approximate surface area is 176 Å². The number of hydrogen-bond acceptors (Lipinski definition) is 3. The number of fused-ring (bicyclic) bond motifs is 1. The van der Waals surface area contributed by atoms with Crippen LogP contribution < -0.4 is 9.80 Å². The maximum absolute atomic E-state index is 13.1. The highest BCUT2D eigenvalue weighted by Crippen LogP contribution is 2.42. The summed E-state index contributed by atoms with van der Waals surface area (Å²) in [5.74, 6) is 0.496. The summed E-state index contributed by atoms with van der Waals surface area (Å²) < 4.78 is 5.29. The van der Waals surface area contributed by atoms with E-state index in [-0.39, 0.29) is 23.9 Å². The number of para-hydroxylation sites is 2. The molecule has 2 atom stereocenters. The standard InChI is InChI=1S/C25H24N2O3/c1-18-17-24(27(19(2)28)20-9-4-3-5-10-20)22-12-6-7-13-23(22)26(18)25(29)15-14-21-11-8-16-30-21/h3-16,18,24H,17H2,1-2H3/b15-14+/t18-,24+/m1/s1. The number of carbonyl (C=O) groups is 2. The van der Waals surface area contributed by atoms with Gasteiger partial charge in [-0.1, -0.05) is 36.4 Å². The molecule has 2 amide bonds. The molecule has 0 saturated carbocycles. The van der Waals surface area contributed by atoms with Crippen LogP contribution in [0.5, 0.6) is 0 Å². The van der Waals surface area contributed by atoms with Gasteiger partial charge in [-0.2, -0.15) is 0 Å². The number of furan rings is 1. The Kier molecular flexibility index (Phi) is 5.53. The zero-order chi connectivity index (χ0) is 21.1. The summed E-state index contributed by atoms with van der Waals surface area (Å²) in [4.78, 5) is 29.3. The minimum atomic E-state index is -0.144. The lowest BCUT2D eigenvalue weighted by molar-refractivity contribution is -0.117. The third-order valence-corrected chi connectivity index (χ3v) is 5.42. The van der Waals surface area contributed by atoms with Gasteiger partial charge in [0.15, 0.2) is 0 Å². The third kappa shape index (κ3) is 3.79. The SMILES string of the molecule is CC(=O)N(c1ccccc1)[C@H]1C[C@@H](C)N(C(=O)/C=C/c2ccco2)c2ccccc21. The quantitative estimate of drug-likeness (QED) is 0.565. The van der Waals surface area contributed by atoms with Crippen molar-refractivity contribution in [1.29, 1.82) is 0 Å². The van der Waals surface area contributed by atoms with Gasteiger partial charge in [0.25, 0.3) is 5.91 Å². The second kappa shape index (κ2) is 8.41. The predicted octanol–water partition coefficient (Wildman–Crippen LogP) is 5.21. The summed E-state index contributed by atoms with van der Waals surface area (Å²) >= 11 is 0. The van der Waals surface area contributed by atoms with Gasteiger partial charge >= 0.3 is 0 Å². The molecule has 1 aromatic heterocycles. The Morgan fingerprint density at radius 1 is 1.03 bits per heavy atom. The molecule has 3 aromatic rings. The Hall–Kier alpha value is -3.60. The zero-order valence-electron chi connectivity index (χ0n) is 17.1. The van der Waals surface area contributed by atoms with Crippen LogP contribution in [-0.4, -0.2) is 17.9 Å². The maximum Gasteiger partial charge on any atom is 0.251 e. The van der Waals surface area contributed by atoms with Gasteiger partial charge in [-0.05, 0) is 55.3 Å². The first-order chi connectivity index (χ1) is 14.6. The van der Waals surface area contributed by atoms with Crippen LogP contribution in [0.1, 0.15) is 37.6 Å². The van der Waals surface area contributed by atoms with Crippen molar-refractivity contribution in [1.82, 2.24) is 0 Å². The van der Waals surface area contributed by atoms with E-state index in [9.17, 15) is 9.59 Å². The van der Waals surface area contributed by atoms with E-state index < -0.39 is 0 Å². The number of hydrogen-bond donors (Lipinski definition) is 0. The smallest absolute Gasteiger partial charge is 0.251 e. The van der Waals surface area contributed by atoms with Crippen molar-refractivity contribution in [2.45, 2.75) is 32.4 Å².